The highest BCUT2D eigenvalue weighted by Crippen LogP contribution is 2.33. The second-order valence-electron chi connectivity index (χ2n) is 8.62. The van der Waals surface area contributed by atoms with Gasteiger partial charge < -0.3 is 19.1 Å². The van der Waals surface area contributed by atoms with Gasteiger partial charge in [-0.15, -0.1) is 0 Å². The van der Waals surface area contributed by atoms with Crippen LogP contribution in [0, 0.1) is 0 Å². The van der Waals surface area contributed by atoms with Crippen molar-refractivity contribution in [2.24, 2.45) is 0 Å². The number of rotatable bonds is 6. The molecule has 2 fully saturated rings. The summed E-state index contributed by atoms with van der Waals surface area (Å²) in [6.07, 6.45) is 0.107. The molecule has 0 aliphatic carbocycles. The highest BCUT2D eigenvalue weighted by atomic mass is 32.2. The first-order valence-electron chi connectivity index (χ1n) is 11.7. The summed E-state index contributed by atoms with van der Waals surface area (Å²) in [4.78, 5) is 28.2. The van der Waals surface area contributed by atoms with E-state index in [-0.39, 0.29) is 36.2 Å². The maximum atomic E-state index is 13.2. The Morgan fingerprint density at radius 2 is 1.69 bits per heavy atom. The smallest absolute Gasteiger partial charge is 0.292 e. The van der Waals surface area contributed by atoms with E-state index in [0.29, 0.717) is 55.8 Å². The van der Waals surface area contributed by atoms with E-state index in [1.54, 1.807) is 30.3 Å². The lowest BCUT2D eigenvalue weighted by atomic mass is 10.2. The minimum atomic E-state index is -3.72. The summed E-state index contributed by atoms with van der Waals surface area (Å²) < 4.78 is 44.3. The number of anilines is 1. The maximum Gasteiger partial charge on any atom is 0.292 e. The lowest BCUT2D eigenvalue weighted by molar-refractivity contribution is -0.918. The van der Waals surface area contributed by atoms with Gasteiger partial charge in [0.15, 0.2) is 17.5 Å². The van der Waals surface area contributed by atoms with E-state index in [1.807, 2.05) is 6.92 Å². The van der Waals surface area contributed by atoms with Gasteiger partial charge in [0.25, 0.3) is 5.91 Å². The third-order valence-electron chi connectivity index (χ3n) is 6.56. The molecule has 0 saturated carbocycles. The molecule has 0 radical (unpaired) electrons. The van der Waals surface area contributed by atoms with Crippen molar-refractivity contribution >= 4 is 27.5 Å². The minimum absolute atomic E-state index is 0.107. The van der Waals surface area contributed by atoms with Gasteiger partial charge in [-0.05, 0) is 43.3 Å². The summed E-state index contributed by atoms with van der Waals surface area (Å²) in [6.45, 7) is 4.61. The number of sulfonamides is 1. The summed E-state index contributed by atoms with van der Waals surface area (Å²) in [6, 6.07) is 11.0. The normalized spacial score (nSPS) is 21.4. The molecule has 0 spiro atoms. The molecule has 2 amide bonds. The van der Waals surface area contributed by atoms with E-state index in [9.17, 15) is 18.0 Å². The second kappa shape index (κ2) is 9.48. The largest absolute Gasteiger partial charge is 0.494 e. The zero-order chi connectivity index (χ0) is 24.6. The predicted molar refractivity (Wildman–Crippen MR) is 125 cm³/mol. The van der Waals surface area contributed by atoms with Crippen LogP contribution in [0.2, 0.25) is 0 Å². The molecule has 0 unspecified atom stereocenters. The van der Waals surface area contributed by atoms with Gasteiger partial charge in [0, 0.05) is 6.07 Å². The lowest BCUT2D eigenvalue weighted by Crippen LogP contribution is -3.19. The molecule has 35 heavy (non-hydrogen) atoms. The molecule has 1 atom stereocenters. The van der Waals surface area contributed by atoms with Crippen LogP contribution in [0.15, 0.2) is 47.4 Å². The van der Waals surface area contributed by atoms with E-state index < -0.39 is 16.1 Å². The zero-order valence-electron chi connectivity index (χ0n) is 19.4. The van der Waals surface area contributed by atoms with Crippen LogP contribution in [-0.4, -0.2) is 76.6 Å². The van der Waals surface area contributed by atoms with Gasteiger partial charge in [-0.1, -0.05) is 0 Å². The molecule has 2 saturated heterocycles. The number of carbonyl (C=O) groups is 2. The number of amides is 2. The fourth-order valence-electron chi connectivity index (χ4n) is 4.78. The first-order valence-corrected chi connectivity index (χ1v) is 13.2. The molecule has 5 rings (SSSR count). The summed E-state index contributed by atoms with van der Waals surface area (Å²) in [5.41, 5.74) is 0.519. The number of nitrogens with one attached hydrogen (secondary N) is 1. The van der Waals surface area contributed by atoms with E-state index in [1.165, 1.54) is 21.3 Å². The first kappa shape index (κ1) is 23.6. The molecule has 11 heteroatoms. The fraction of sp³-hybridized carbons (Fsp3) is 0.417. The van der Waals surface area contributed by atoms with Crippen molar-refractivity contribution in [3.05, 3.63) is 42.5 Å². The highest BCUT2D eigenvalue weighted by Gasteiger charge is 2.47. The van der Waals surface area contributed by atoms with Crippen LogP contribution in [0.3, 0.4) is 0 Å². The number of hydrogen-bond donors (Lipinski definition) is 1. The van der Waals surface area contributed by atoms with E-state index in [0.717, 1.165) is 4.90 Å². The van der Waals surface area contributed by atoms with Gasteiger partial charge in [-0.25, -0.2) is 13.3 Å². The molecule has 3 heterocycles. The number of ether oxygens (including phenoxy) is 3. The van der Waals surface area contributed by atoms with Crippen LogP contribution in [0.1, 0.15) is 13.3 Å². The predicted octanol–water partition coefficient (Wildman–Crippen LogP) is 0.0778. The Labute approximate surface area is 204 Å². The van der Waals surface area contributed by atoms with Crippen molar-refractivity contribution in [2.75, 3.05) is 50.9 Å². The van der Waals surface area contributed by atoms with Crippen LogP contribution in [0.5, 0.6) is 17.2 Å². The van der Waals surface area contributed by atoms with Crippen LogP contribution in [0.4, 0.5) is 5.69 Å². The number of hydrogen-bond acceptors (Lipinski definition) is 7. The molecular weight excluding hydrogens is 474 g/mol. The van der Waals surface area contributed by atoms with Gasteiger partial charge in [0.2, 0.25) is 15.9 Å². The first-order chi connectivity index (χ1) is 16.9. The van der Waals surface area contributed by atoms with Gasteiger partial charge >= 0.3 is 0 Å². The van der Waals surface area contributed by atoms with E-state index in [4.69, 9.17) is 14.2 Å². The average molecular weight is 503 g/mol. The number of nitrogens with zero attached hydrogens (tertiary/aromatic N) is 2. The number of piperazine rings is 1. The summed E-state index contributed by atoms with van der Waals surface area (Å²) in [5.74, 6) is 1.13. The van der Waals surface area contributed by atoms with Gasteiger partial charge in [-0.3, -0.25) is 9.59 Å². The van der Waals surface area contributed by atoms with Crippen molar-refractivity contribution in [1.82, 2.24) is 4.31 Å². The Balaban J connectivity index is 1.24. The highest BCUT2D eigenvalue weighted by molar-refractivity contribution is 7.89. The van der Waals surface area contributed by atoms with E-state index >= 15 is 0 Å². The number of quaternary nitrogens is 1. The van der Waals surface area contributed by atoms with Gasteiger partial charge in [-0.2, -0.15) is 4.31 Å². The molecule has 3 aliphatic heterocycles. The molecular formula is C24H28N3O7S+. The Morgan fingerprint density at radius 1 is 1.00 bits per heavy atom. The molecule has 3 aliphatic rings. The Hall–Kier alpha value is -3.15. The van der Waals surface area contributed by atoms with Gasteiger partial charge in [0.1, 0.15) is 19.0 Å². The molecule has 2 aromatic rings. The van der Waals surface area contributed by atoms with Crippen molar-refractivity contribution in [2.45, 2.75) is 24.3 Å². The van der Waals surface area contributed by atoms with Crippen molar-refractivity contribution in [3.8, 4) is 17.2 Å². The Kier molecular flexibility index (Phi) is 6.39. The molecule has 1 N–H and O–H groups in total. The van der Waals surface area contributed by atoms with Gasteiger partial charge in [0.05, 0.1) is 49.8 Å². The summed E-state index contributed by atoms with van der Waals surface area (Å²) in [7, 11) is -3.72. The third-order valence-corrected chi connectivity index (χ3v) is 8.46. The van der Waals surface area contributed by atoms with Crippen LogP contribution in [-0.2, 0) is 19.6 Å². The number of fused-ring (bicyclic) bond motifs is 1. The molecule has 0 aromatic heterocycles. The number of benzene rings is 2. The molecule has 0 bridgehead atoms. The van der Waals surface area contributed by atoms with E-state index in [2.05, 4.69) is 0 Å². The summed E-state index contributed by atoms with van der Waals surface area (Å²) in [5, 5.41) is 0. The van der Waals surface area contributed by atoms with Crippen LogP contribution in [0.25, 0.3) is 0 Å². The lowest BCUT2D eigenvalue weighted by Gasteiger charge is -2.33. The van der Waals surface area contributed by atoms with Crippen molar-refractivity contribution in [1.29, 1.82) is 0 Å². The zero-order valence-corrected chi connectivity index (χ0v) is 20.3. The third kappa shape index (κ3) is 4.46. The van der Waals surface area contributed by atoms with Crippen molar-refractivity contribution < 1.29 is 37.1 Å². The van der Waals surface area contributed by atoms with Crippen LogP contribution < -0.4 is 24.0 Å². The molecule has 2 aromatic carbocycles. The molecule has 10 nitrogen and oxygen atoms in total. The quantitative estimate of drug-likeness (QED) is 0.558. The standard InChI is InChI=1S/C24H27N3O7S/c1-2-32-18-5-3-17(4-6-18)27-23(28)16-20(24(27)29)25-9-11-26(12-10-25)35(30,31)19-7-8-21-22(15-19)34-14-13-33-21/h3-8,15,20H,2,9-14,16H2,1H3/p+1/t20-/m0/s1. The monoisotopic (exact) mass is 502 g/mol. The maximum absolute atomic E-state index is 13.2. The summed E-state index contributed by atoms with van der Waals surface area (Å²) >= 11 is 0. The van der Waals surface area contributed by atoms with Crippen LogP contribution >= 0.6 is 0 Å². The number of carbonyl (C=O) groups excluding carboxylic acids is 2. The average Bonchev–Trinajstić information content (AvgIpc) is 3.18. The topological polar surface area (TPSA) is 107 Å². The Morgan fingerprint density at radius 3 is 2.37 bits per heavy atom. The number of imide groups is 1. The Bertz CT molecular complexity index is 1220. The fourth-order valence-corrected chi connectivity index (χ4v) is 6.23. The SMILES string of the molecule is CCOc1ccc(N2C(=O)C[C@H]([NH+]3CCN(S(=O)(=O)c4ccc5c(c4)OCCO5)CC3)C2=O)cc1. The molecule has 186 valence electrons. The second-order valence-corrected chi connectivity index (χ2v) is 10.6. The van der Waals surface area contributed by atoms with Crippen molar-refractivity contribution in [3.63, 3.8) is 0 Å². The minimum Gasteiger partial charge on any atom is -0.494 e.